The van der Waals surface area contributed by atoms with Crippen LogP contribution in [-0.2, 0) is 0 Å². The maximum absolute atomic E-state index is 14.6. The second-order valence-electron chi connectivity index (χ2n) is 12.1. The van der Waals surface area contributed by atoms with Crippen molar-refractivity contribution in [3.63, 3.8) is 0 Å². The summed E-state index contributed by atoms with van der Waals surface area (Å²) in [5.41, 5.74) is 2.38. The van der Waals surface area contributed by atoms with Crippen molar-refractivity contribution in [3.8, 4) is 0 Å². The molecule has 46 heavy (non-hydrogen) atoms. The average Bonchev–Trinajstić information content (AvgIpc) is 3.10. The van der Waals surface area contributed by atoms with Gasteiger partial charge in [-0.1, -0.05) is 146 Å². The van der Waals surface area contributed by atoms with Gasteiger partial charge >= 0.3 is 0 Å². The van der Waals surface area contributed by atoms with Crippen LogP contribution in [0.5, 0.6) is 0 Å². The van der Waals surface area contributed by atoms with Crippen molar-refractivity contribution >= 4 is 57.2 Å². The first-order chi connectivity index (χ1) is 22.6. The lowest BCUT2D eigenvalue weighted by atomic mass is 9.89. The van der Waals surface area contributed by atoms with E-state index in [1.54, 1.807) is 0 Å². The molecule has 0 bridgehead atoms. The molecule has 228 valence electrons. The third-order valence-corrected chi connectivity index (χ3v) is 11.7. The van der Waals surface area contributed by atoms with Crippen molar-refractivity contribution < 1.29 is 9.59 Å². The predicted octanol–water partition coefficient (Wildman–Crippen LogP) is 7.53. The second kappa shape index (κ2) is 13.3. The molecule has 1 fully saturated rings. The highest BCUT2D eigenvalue weighted by Gasteiger charge is 2.31. The number of amides is 2. The number of aryl methyl sites for hydroxylation is 1. The summed E-state index contributed by atoms with van der Waals surface area (Å²) in [5.74, 6) is -0.165. The van der Waals surface area contributed by atoms with Crippen LogP contribution < -0.4 is 26.5 Å². The Morgan fingerprint density at radius 2 is 1.00 bits per heavy atom. The van der Waals surface area contributed by atoms with Gasteiger partial charge in [0.05, 0.1) is 11.1 Å². The van der Waals surface area contributed by atoms with E-state index in [1.165, 1.54) is 10.6 Å². The quantitative estimate of drug-likeness (QED) is 0.181. The first kappa shape index (κ1) is 29.9. The maximum atomic E-state index is 14.6. The molecule has 2 atom stereocenters. The van der Waals surface area contributed by atoms with Gasteiger partial charge in [-0.2, -0.15) is 0 Å². The first-order valence-electron chi connectivity index (χ1n) is 16.1. The van der Waals surface area contributed by atoms with Crippen molar-refractivity contribution in [2.45, 2.75) is 44.7 Å². The largest absolute Gasteiger partial charge is 0.347 e. The summed E-state index contributed by atoms with van der Waals surface area (Å²) >= 11 is 0. The Labute approximate surface area is 271 Å². The Bertz CT molecular complexity index is 1990. The monoisotopic (exact) mass is 620 g/mol. The Kier molecular flexibility index (Phi) is 8.64. The van der Waals surface area contributed by atoms with E-state index < -0.39 is 7.92 Å². The van der Waals surface area contributed by atoms with E-state index in [0.29, 0.717) is 5.56 Å². The number of hydrogen-bond acceptors (Lipinski definition) is 2. The summed E-state index contributed by atoms with van der Waals surface area (Å²) in [5, 5.41) is 14.2. The van der Waals surface area contributed by atoms with Crippen LogP contribution in [0.1, 0.15) is 52.0 Å². The SMILES string of the molecule is Cc1ccc2ccccc2c1C(=O)NC1CCCCC1NC(=O)c1c(P(c2ccccc2)c2ccccc2)ccc2ccccc12. The van der Waals surface area contributed by atoms with Gasteiger partial charge in [-0.05, 0) is 70.7 Å². The van der Waals surface area contributed by atoms with Crippen LogP contribution in [0, 0.1) is 6.92 Å². The lowest BCUT2D eigenvalue weighted by molar-refractivity contribution is 0.0864. The summed E-state index contributed by atoms with van der Waals surface area (Å²) in [4.78, 5) is 28.5. The van der Waals surface area contributed by atoms with E-state index >= 15 is 0 Å². The van der Waals surface area contributed by atoms with E-state index in [-0.39, 0.29) is 23.9 Å². The predicted molar refractivity (Wildman–Crippen MR) is 192 cm³/mol. The standard InChI is InChI=1S/C41H37N2O2P/c1-28-24-25-29-14-8-10-20-33(29)38(28)40(44)42-35-22-12-13-23-36(35)43-41(45)39-34-21-11-9-15-30(34)26-27-37(39)46(31-16-4-2-5-17-31)32-18-6-3-7-19-32/h2-11,14-21,24-27,35-36H,12-13,22-23H2,1H3,(H,42,44)(H,43,45). The van der Waals surface area contributed by atoms with Crippen LogP contribution >= 0.6 is 7.92 Å². The van der Waals surface area contributed by atoms with E-state index in [1.807, 2.05) is 61.5 Å². The molecule has 0 aromatic heterocycles. The fourth-order valence-electron chi connectivity index (χ4n) is 6.91. The number of fused-ring (bicyclic) bond motifs is 2. The maximum Gasteiger partial charge on any atom is 0.252 e. The molecule has 6 aromatic rings. The minimum atomic E-state index is -1.00. The number of benzene rings is 6. The highest BCUT2D eigenvalue weighted by atomic mass is 31.1. The smallest absolute Gasteiger partial charge is 0.252 e. The van der Waals surface area contributed by atoms with Crippen molar-refractivity contribution in [1.29, 1.82) is 0 Å². The minimum Gasteiger partial charge on any atom is -0.347 e. The van der Waals surface area contributed by atoms with Crippen molar-refractivity contribution in [1.82, 2.24) is 10.6 Å². The lowest BCUT2D eigenvalue weighted by Crippen LogP contribution is -2.53. The lowest BCUT2D eigenvalue weighted by Gasteiger charge is -2.33. The summed E-state index contributed by atoms with van der Waals surface area (Å²) in [6, 6.07) is 45.2. The molecule has 0 spiro atoms. The number of carbonyl (C=O) groups is 2. The third-order valence-electron chi connectivity index (χ3n) is 9.17. The topological polar surface area (TPSA) is 58.2 Å². The zero-order chi connectivity index (χ0) is 31.5. The Hall–Kier alpha value is -4.79. The fourth-order valence-corrected chi connectivity index (χ4v) is 9.37. The molecule has 0 saturated heterocycles. The molecule has 2 unspecified atom stereocenters. The van der Waals surface area contributed by atoms with Gasteiger partial charge in [0.25, 0.3) is 11.8 Å². The molecule has 1 saturated carbocycles. The van der Waals surface area contributed by atoms with Crippen LogP contribution in [0.25, 0.3) is 21.5 Å². The van der Waals surface area contributed by atoms with Crippen molar-refractivity contribution in [3.05, 3.63) is 150 Å². The summed E-state index contributed by atoms with van der Waals surface area (Å²) in [6.07, 6.45) is 3.66. The molecule has 2 N–H and O–H groups in total. The Morgan fingerprint density at radius 3 is 1.57 bits per heavy atom. The van der Waals surface area contributed by atoms with Crippen molar-refractivity contribution in [2.24, 2.45) is 0 Å². The molecular weight excluding hydrogens is 583 g/mol. The first-order valence-corrected chi connectivity index (χ1v) is 17.4. The molecule has 2 amide bonds. The minimum absolute atomic E-state index is 0.0806. The Morgan fingerprint density at radius 1 is 0.543 bits per heavy atom. The molecule has 6 aromatic carbocycles. The van der Waals surface area contributed by atoms with Gasteiger partial charge in [0, 0.05) is 12.1 Å². The second-order valence-corrected chi connectivity index (χ2v) is 14.3. The molecule has 1 aliphatic rings. The molecule has 1 aliphatic carbocycles. The molecule has 0 radical (unpaired) electrons. The van der Waals surface area contributed by atoms with Gasteiger partial charge in [0.2, 0.25) is 0 Å². The third kappa shape index (κ3) is 5.94. The van der Waals surface area contributed by atoms with Crippen LogP contribution in [0.15, 0.2) is 133 Å². The molecule has 0 aliphatic heterocycles. The van der Waals surface area contributed by atoms with E-state index in [9.17, 15) is 9.59 Å². The van der Waals surface area contributed by atoms with E-state index in [4.69, 9.17) is 0 Å². The number of rotatable bonds is 7. The van der Waals surface area contributed by atoms with E-state index in [0.717, 1.165) is 63.7 Å². The molecular formula is C41H37N2O2P. The zero-order valence-electron chi connectivity index (χ0n) is 25.9. The molecule has 5 heteroatoms. The van der Waals surface area contributed by atoms with Crippen LogP contribution in [0.4, 0.5) is 0 Å². The summed E-state index contributed by atoms with van der Waals surface area (Å²) < 4.78 is 0. The molecule has 7 rings (SSSR count). The normalized spacial score (nSPS) is 16.4. The number of carbonyl (C=O) groups excluding carboxylic acids is 2. The highest BCUT2D eigenvalue weighted by molar-refractivity contribution is 7.80. The fraction of sp³-hybridized carbons (Fsp3) is 0.171. The highest BCUT2D eigenvalue weighted by Crippen LogP contribution is 2.36. The van der Waals surface area contributed by atoms with Crippen molar-refractivity contribution in [2.75, 3.05) is 0 Å². The number of hydrogen-bond donors (Lipinski definition) is 2. The van der Waals surface area contributed by atoms with Gasteiger partial charge in [0.15, 0.2) is 0 Å². The van der Waals surface area contributed by atoms with Gasteiger partial charge < -0.3 is 10.6 Å². The zero-order valence-corrected chi connectivity index (χ0v) is 26.8. The molecule has 0 heterocycles. The van der Waals surface area contributed by atoms with E-state index in [2.05, 4.69) is 89.5 Å². The Balaban J connectivity index is 1.25. The van der Waals surface area contributed by atoms with Gasteiger partial charge in [-0.15, -0.1) is 0 Å². The van der Waals surface area contributed by atoms with Gasteiger partial charge in [0.1, 0.15) is 0 Å². The van der Waals surface area contributed by atoms with Gasteiger partial charge in [-0.3, -0.25) is 9.59 Å². The summed E-state index contributed by atoms with van der Waals surface area (Å²) in [7, 11) is -1.00. The van der Waals surface area contributed by atoms with Crippen LogP contribution in [0.3, 0.4) is 0 Å². The van der Waals surface area contributed by atoms with Gasteiger partial charge in [-0.25, -0.2) is 0 Å². The molecule has 4 nitrogen and oxygen atoms in total. The van der Waals surface area contributed by atoms with Crippen LogP contribution in [-0.4, -0.2) is 23.9 Å². The summed E-state index contributed by atoms with van der Waals surface area (Å²) in [6.45, 7) is 1.99. The number of nitrogens with one attached hydrogen (secondary N) is 2. The van der Waals surface area contributed by atoms with Crippen LogP contribution in [0.2, 0.25) is 0 Å². The average molecular weight is 621 g/mol.